The molecule has 1 heterocycles. The van der Waals surface area contributed by atoms with E-state index in [0.29, 0.717) is 6.42 Å². The van der Waals surface area contributed by atoms with Crippen LogP contribution in [0.2, 0.25) is 0 Å². The van der Waals surface area contributed by atoms with Gasteiger partial charge in [-0.15, -0.1) is 0 Å². The van der Waals surface area contributed by atoms with E-state index in [1.165, 1.54) is 0 Å². The molecule has 0 aliphatic carbocycles. The van der Waals surface area contributed by atoms with Gasteiger partial charge >= 0.3 is 0 Å². The fraction of sp³-hybridized carbons (Fsp3) is 0.857. The summed E-state index contributed by atoms with van der Waals surface area (Å²) in [6, 6.07) is 0. The lowest BCUT2D eigenvalue weighted by Crippen LogP contribution is -2.24. The SMILES string of the molecule is CCN1C[C@H](CO)CC1=O. The van der Waals surface area contributed by atoms with Gasteiger partial charge in [-0.3, -0.25) is 4.79 Å². The third kappa shape index (κ3) is 1.29. The maximum absolute atomic E-state index is 11.0. The third-order valence-electron chi connectivity index (χ3n) is 1.93. The molecule has 3 nitrogen and oxygen atoms in total. The van der Waals surface area contributed by atoms with Crippen molar-refractivity contribution in [3.63, 3.8) is 0 Å². The van der Waals surface area contributed by atoms with E-state index in [2.05, 4.69) is 0 Å². The van der Waals surface area contributed by atoms with Gasteiger partial charge in [-0.05, 0) is 6.92 Å². The van der Waals surface area contributed by atoms with Crippen molar-refractivity contribution in [3.8, 4) is 0 Å². The van der Waals surface area contributed by atoms with Gasteiger partial charge in [0.1, 0.15) is 0 Å². The van der Waals surface area contributed by atoms with E-state index < -0.39 is 0 Å². The molecule has 1 atom stereocenters. The molecule has 0 radical (unpaired) electrons. The lowest BCUT2D eigenvalue weighted by atomic mass is 10.1. The molecule has 0 aromatic rings. The molecule has 0 spiro atoms. The Bertz CT molecular complexity index is 136. The first-order chi connectivity index (χ1) is 4.77. The number of likely N-dealkylation sites (tertiary alicyclic amines) is 1. The average molecular weight is 143 g/mol. The summed E-state index contributed by atoms with van der Waals surface area (Å²) >= 11 is 0. The maximum Gasteiger partial charge on any atom is 0.223 e. The number of amides is 1. The lowest BCUT2D eigenvalue weighted by molar-refractivity contribution is -0.127. The van der Waals surface area contributed by atoms with Crippen molar-refractivity contribution in [2.24, 2.45) is 5.92 Å². The van der Waals surface area contributed by atoms with Crippen molar-refractivity contribution < 1.29 is 9.90 Å². The topological polar surface area (TPSA) is 40.5 Å². The van der Waals surface area contributed by atoms with Crippen LogP contribution < -0.4 is 0 Å². The maximum atomic E-state index is 11.0. The van der Waals surface area contributed by atoms with E-state index in [9.17, 15) is 4.79 Å². The average Bonchev–Trinajstić information content (AvgIpc) is 2.30. The summed E-state index contributed by atoms with van der Waals surface area (Å²) in [7, 11) is 0. The normalized spacial score (nSPS) is 26.0. The zero-order chi connectivity index (χ0) is 7.56. The monoisotopic (exact) mass is 143 g/mol. The summed E-state index contributed by atoms with van der Waals surface area (Å²) < 4.78 is 0. The number of carbonyl (C=O) groups excluding carboxylic acids is 1. The number of carbonyl (C=O) groups is 1. The molecule has 10 heavy (non-hydrogen) atoms. The van der Waals surface area contributed by atoms with Gasteiger partial charge in [0.2, 0.25) is 5.91 Å². The van der Waals surface area contributed by atoms with Gasteiger partial charge in [0, 0.05) is 32.0 Å². The molecule has 1 N–H and O–H groups in total. The van der Waals surface area contributed by atoms with Crippen molar-refractivity contribution in [3.05, 3.63) is 0 Å². The summed E-state index contributed by atoms with van der Waals surface area (Å²) in [4.78, 5) is 12.8. The van der Waals surface area contributed by atoms with E-state index >= 15 is 0 Å². The van der Waals surface area contributed by atoms with Gasteiger partial charge in [-0.2, -0.15) is 0 Å². The van der Waals surface area contributed by atoms with Crippen molar-refractivity contribution >= 4 is 5.91 Å². The molecule has 0 saturated carbocycles. The number of hydrogen-bond acceptors (Lipinski definition) is 2. The molecule has 0 aromatic heterocycles. The van der Waals surface area contributed by atoms with Gasteiger partial charge in [0.05, 0.1) is 0 Å². The first-order valence-corrected chi connectivity index (χ1v) is 3.66. The largest absolute Gasteiger partial charge is 0.396 e. The minimum Gasteiger partial charge on any atom is -0.396 e. The highest BCUT2D eigenvalue weighted by atomic mass is 16.3. The fourth-order valence-electron chi connectivity index (χ4n) is 1.28. The van der Waals surface area contributed by atoms with Gasteiger partial charge in [-0.25, -0.2) is 0 Å². The number of rotatable bonds is 2. The predicted octanol–water partition coefficient (Wildman–Crippen LogP) is -0.153. The molecule has 58 valence electrons. The Morgan fingerprint density at radius 3 is 2.80 bits per heavy atom. The zero-order valence-electron chi connectivity index (χ0n) is 6.21. The van der Waals surface area contributed by atoms with Crippen LogP contribution in [0.4, 0.5) is 0 Å². The standard InChI is InChI=1S/C7H13NO2/c1-2-8-4-6(5-9)3-7(8)10/h6,9H,2-5H2,1H3/t6-/m1/s1. The third-order valence-corrected chi connectivity index (χ3v) is 1.93. The van der Waals surface area contributed by atoms with Crippen LogP contribution in [0.5, 0.6) is 0 Å². The fourth-order valence-corrected chi connectivity index (χ4v) is 1.28. The Labute approximate surface area is 60.6 Å². The molecule has 0 bridgehead atoms. The van der Waals surface area contributed by atoms with Crippen LogP contribution in [-0.4, -0.2) is 35.6 Å². The van der Waals surface area contributed by atoms with Crippen molar-refractivity contribution in [1.29, 1.82) is 0 Å². The molecule has 0 unspecified atom stereocenters. The number of hydrogen-bond donors (Lipinski definition) is 1. The van der Waals surface area contributed by atoms with Crippen LogP contribution in [0, 0.1) is 5.92 Å². The predicted molar refractivity (Wildman–Crippen MR) is 37.4 cm³/mol. The zero-order valence-corrected chi connectivity index (χ0v) is 6.21. The highest BCUT2D eigenvalue weighted by molar-refractivity contribution is 5.78. The molecule has 1 aliphatic rings. The van der Waals surface area contributed by atoms with Crippen molar-refractivity contribution in [2.45, 2.75) is 13.3 Å². The van der Waals surface area contributed by atoms with Crippen LogP contribution in [0.3, 0.4) is 0 Å². The molecule has 0 aromatic carbocycles. The Kier molecular flexibility index (Phi) is 2.27. The van der Waals surface area contributed by atoms with Gasteiger partial charge in [0.25, 0.3) is 0 Å². The number of nitrogens with zero attached hydrogens (tertiary/aromatic N) is 1. The molecule has 1 rings (SSSR count). The van der Waals surface area contributed by atoms with Gasteiger partial charge in [-0.1, -0.05) is 0 Å². The van der Waals surface area contributed by atoms with E-state index in [1.54, 1.807) is 4.90 Å². The minimum absolute atomic E-state index is 0.141. The van der Waals surface area contributed by atoms with E-state index in [4.69, 9.17) is 5.11 Å². The smallest absolute Gasteiger partial charge is 0.223 e. The Hall–Kier alpha value is -0.570. The molecule has 1 aliphatic heterocycles. The highest BCUT2D eigenvalue weighted by Gasteiger charge is 2.27. The minimum atomic E-state index is 0.141. The Balaban J connectivity index is 2.44. The van der Waals surface area contributed by atoms with E-state index in [0.717, 1.165) is 13.1 Å². The Morgan fingerprint density at radius 2 is 2.50 bits per heavy atom. The second-order valence-electron chi connectivity index (χ2n) is 2.69. The first-order valence-electron chi connectivity index (χ1n) is 3.66. The number of aliphatic hydroxyl groups excluding tert-OH is 1. The summed E-state index contributed by atoms with van der Waals surface area (Å²) in [6.07, 6.45) is 0.532. The van der Waals surface area contributed by atoms with Crippen LogP contribution in [0.25, 0.3) is 0 Å². The Morgan fingerprint density at radius 1 is 1.80 bits per heavy atom. The second kappa shape index (κ2) is 3.01. The van der Waals surface area contributed by atoms with Crippen LogP contribution >= 0.6 is 0 Å². The quantitative estimate of drug-likeness (QED) is 0.584. The summed E-state index contributed by atoms with van der Waals surface area (Å²) in [6.45, 7) is 3.61. The van der Waals surface area contributed by atoms with Gasteiger partial charge in [0.15, 0.2) is 0 Å². The first kappa shape index (κ1) is 7.54. The molecule has 1 fully saturated rings. The summed E-state index contributed by atoms with van der Waals surface area (Å²) in [5.41, 5.74) is 0. The highest BCUT2D eigenvalue weighted by Crippen LogP contribution is 2.15. The van der Waals surface area contributed by atoms with Crippen molar-refractivity contribution in [2.75, 3.05) is 19.7 Å². The summed E-state index contributed by atoms with van der Waals surface area (Å²) in [5.74, 6) is 0.369. The number of aliphatic hydroxyl groups is 1. The molecular weight excluding hydrogens is 130 g/mol. The van der Waals surface area contributed by atoms with Crippen molar-refractivity contribution in [1.82, 2.24) is 4.90 Å². The van der Waals surface area contributed by atoms with Crippen LogP contribution in [0.1, 0.15) is 13.3 Å². The molecule has 1 amide bonds. The molecule has 3 heteroatoms. The van der Waals surface area contributed by atoms with Gasteiger partial charge < -0.3 is 10.0 Å². The molecule has 1 saturated heterocycles. The second-order valence-corrected chi connectivity index (χ2v) is 2.69. The lowest BCUT2D eigenvalue weighted by Gasteiger charge is -2.11. The van der Waals surface area contributed by atoms with E-state index in [-0.39, 0.29) is 18.4 Å². The van der Waals surface area contributed by atoms with Crippen LogP contribution in [-0.2, 0) is 4.79 Å². The molecular formula is C7H13NO2. The van der Waals surface area contributed by atoms with E-state index in [1.807, 2.05) is 6.92 Å². The van der Waals surface area contributed by atoms with Crippen LogP contribution in [0.15, 0.2) is 0 Å². The summed E-state index contributed by atoms with van der Waals surface area (Å²) in [5, 5.41) is 8.72.